The number of pyridine rings is 1. The molecule has 1 fully saturated rings. The van der Waals surface area contributed by atoms with Crippen LogP contribution in [-0.2, 0) is 0 Å². The summed E-state index contributed by atoms with van der Waals surface area (Å²) >= 11 is 0.843. The number of hydrogen-bond acceptors (Lipinski definition) is 6. The number of benzene rings is 1. The van der Waals surface area contributed by atoms with Crippen molar-refractivity contribution >= 4 is 44.7 Å². The lowest BCUT2D eigenvalue weighted by Crippen LogP contribution is -2.16. The van der Waals surface area contributed by atoms with Gasteiger partial charge in [-0.15, -0.1) is 11.3 Å². The van der Waals surface area contributed by atoms with Gasteiger partial charge >= 0.3 is 0 Å². The summed E-state index contributed by atoms with van der Waals surface area (Å²) in [6.07, 6.45) is -1.16. The summed E-state index contributed by atoms with van der Waals surface area (Å²) in [6.45, 7) is 0. The standard InChI is InChI=1S/C19H14F2N4O4S/c20-16(21)12-7-11(8-1-2-8)13-14(15(17(22)26)30-19(13)23-12)24-18(27)9-3-5-10(6-4-9)25(28)29/h3-8,16H,1-2H2,(H2,22,26)(H,24,27). The molecule has 4 rings (SSSR count). The summed E-state index contributed by atoms with van der Waals surface area (Å²) in [6, 6.07) is 6.23. The van der Waals surface area contributed by atoms with Crippen LogP contribution < -0.4 is 11.1 Å². The molecule has 0 spiro atoms. The van der Waals surface area contributed by atoms with Gasteiger partial charge in [0.25, 0.3) is 23.9 Å². The number of amides is 2. The average molecular weight is 432 g/mol. The molecule has 0 bridgehead atoms. The van der Waals surface area contributed by atoms with Gasteiger partial charge < -0.3 is 11.1 Å². The molecule has 2 heterocycles. The van der Waals surface area contributed by atoms with Crippen molar-refractivity contribution in [2.75, 3.05) is 5.32 Å². The SMILES string of the molecule is NC(=O)c1sc2nc(C(F)F)cc(C3CC3)c2c1NC(=O)c1ccc([N+](=O)[O-])cc1. The molecular formula is C19H14F2N4O4S. The Balaban J connectivity index is 1.80. The number of anilines is 1. The lowest BCUT2D eigenvalue weighted by Gasteiger charge is -2.10. The second-order valence-corrected chi connectivity index (χ2v) is 7.82. The summed E-state index contributed by atoms with van der Waals surface area (Å²) in [5, 5.41) is 13.8. The van der Waals surface area contributed by atoms with Crippen LogP contribution >= 0.6 is 11.3 Å². The zero-order chi connectivity index (χ0) is 21.6. The first-order valence-corrected chi connectivity index (χ1v) is 9.69. The zero-order valence-electron chi connectivity index (χ0n) is 15.2. The normalized spacial score (nSPS) is 13.6. The van der Waals surface area contributed by atoms with Crippen LogP contribution in [0.5, 0.6) is 0 Å². The summed E-state index contributed by atoms with van der Waals surface area (Å²) < 4.78 is 26.6. The number of thiophene rings is 1. The Kier molecular flexibility index (Phi) is 4.90. The first-order chi connectivity index (χ1) is 14.3. The highest BCUT2D eigenvalue weighted by molar-refractivity contribution is 7.21. The predicted molar refractivity (Wildman–Crippen MR) is 106 cm³/mol. The maximum atomic E-state index is 13.3. The van der Waals surface area contributed by atoms with E-state index in [-0.39, 0.29) is 32.6 Å². The Bertz CT molecular complexity index is 1190. The Morgan fingerprint density at radius 2 is 1.93 bits per heavy atom. The Morgan fingerprint density at radius 1 is 1.27 bits per heavy atom. The van der Waals surface area contributed by atoms with E-state index in [9.17, 15) is 28.5 Å². The first kappa shape index (κ1) is 19.8. The fraction of sp³-hybridized carbons (Fsp3) is 0.211. The number of nitrogens with two attached hydrogens (primary N) is 1. The minimum Gasteiger partial charge on any atom is -0.365 e. The maximum absolute atomic E-state index is 13.3. The Labute approximate surface area is 171 Å². The number of nitrogens with one attached hydrogen (secondary N) is 1. The van der Waals surface area contributed by atoms with E-state index in [1.54, 1.807) is 0 Å². The average Bonchev–Trinajstić information content (AvgIpc) is 3.49. The monoisotopic (exact) mass is 432 g/mol. The molecule has 8 nitrogen and oxygen atoms in total. The first-order valence-electron chi connectivity index (χ1n) is 8.87. The van der Waals surface area contributed by atoms with Crippen LogP contribution in [0.15, 0.2) is 30.3 Å². The number of rotatable bonds is 6. The van der Waals surface area contributed by atoms with Crippen molar-refractivity contribution in [3.8, 4) is 0 Å². The molecule has 0 aliphatic heterocycles. The third kappa shape index (κ3) is 3.59. The molecule has 2 amide bonds. The number of aromatic nitrogens is 1. The number of nitro benzene ring substituents is 1. The molecule has 0 unspecified atom stereocenters. The van der Waals surface area contributed by atoms with E-state index >= 15 is 0 Å². The summed E-state index contributed by atoms with van der Waals surface area (Å²) in [5.41, 5.74) is 5.73. The summed E-state index contributed by atoms with van der Waals surface area (Å²) in [7, 11) is 0. The topological polar surface area (TPSA) is 128 Å². The third-order valence-corrected chi connectivity index (χ3v) is 5.85. The van der Waals surface area contributed by atoms with Crippen LogP contribution in [0.4, 0.5) is 20.2 Å². The van der Waals surface area contributed by atoms with E-state index in [1.165, 1.54) is 30.3 Å². The fourth-order valence-corrected chi connectivity index (χ4v) is 4.21. The van der Waals surface area contributed by atoms with Gasteiger partial charge in [0.2, 0.25) is 0 Å². The number of alkyl halides is 2. The lowest BCUT2D eigenvalue weighted by molar-refractivity contribution is -0.384. The van der Waals surface area contributed by atoms with Gasteiger partial charge in [0.1, 0.15) is 15.4 Å². The van der Waals surface area contributed by atoms with Crippen LogP contribution in [0.25, 0.3) is 10.2 Å². The number of primary amides is 1. The van der Waals surface area contributed by atoms with Crippen molar-refractivity contribution in [3.63, 3.8) is 0 Å². The van der Waals surface area contributed by atoms with E-state index in [0.29, 0.717) is 10.9 Å². The molecule has 3 aromatic rings. The van der Waals surface area contributed by atoms with Crippen molar-refractivity contribution in [1.29, 1.82) is 0 Å². The zero-order valence-corrected chi connectivity index (χ0v) is 16.0. The van der Waals surface area contributed by atoms with Crippen LogP contribution in [0.3, 0.4) is 0 Å². The van der Waals surface area contributed by atoms with Crippen molar-refractivity contribution < 1.29 is 23.3 Å². The van der Waals surface area contributed by atoms with Crippen LogP contribution in [0, 0.1) is 10.1 Å². The number of carbonyl (C=O) groups excluding carboxylic acids is 2. The van der Waals surface area contributed by atoms with Crippen LogP contribution in [0.2, 0.25) is 0 Å². The quantitative estimate of drug-likeness (QED) is 0.441. The molecule has 0 radical (unpaired) electrons. The van der Waals surface area contributed by atoms with Gasteiger partial charge in [-0.2, -0.15) is 0 Å². The molecule has 0 atom stereocenters. The van der Waals surface area contributed by atoms with Crippen LogP contribution in [0.1, 0.15) is 56.5 Å². The third-order valence-electron chi connectivity index (χ3n) is 4.76. The molecule has 0 saturated heterocycles. The summed E-state index contributed by atoms with van der Waals surface area (Å²) in [4.78, 5) is 39.0. The maximum Gasteiger partial charge on any atom is 0.280 e. The molecule has 154 valence electrons. The van der Waals surface area contributed by atoms with Crippen molar-refractivity contribution in [3.05, 3.63) is 62.1 Å². The van der Waals surface area contributed by atoms with Gasteiger partial charge in [-0.3, -0.25) is 19.7 Å². The van der Waals surface area contributed by atoms with Gasteiger partial charge in [0, 0.05) is 23.1 Å². The number of non-ortho nitro benzene ring substituents is 1. The number of halogens is 2. The molecule has 1 aliphatic carbocycles. The van der Waals surface area contributed by atoms with Gasteiger partial charge in [-0.1, -0.05) is 0 Å². The van der Waals surface area contributed by atoms with Gasteiger partial charge in [-0.05, 0) is 42.5 Å². The number of carbonyl (C=O) groups is 2. The molecule has 11 heteroatoms. The predicted octanol–water partition coefficient (Wildman–Crippen LogP) is 4.37. The largest absolute Gasteiger partial charge is 0.365 e. The van der Waals surface area contributed by atoms with Crippen molar-refractivity contribution in [2.24, 2.45) is 5.73 Å². The second kappa shape index (κ2) is 7.41. The van der Waals surface area contributed by atoms with Crippen molar-refractivity contribution in [2.45, 2.75) is 25.2 Å². The lowest BCUT2D eigenvalue weighted by atomic mass is 10.0. The summed E-state index contributed by atoms with van der Waals surface area (Å²) in [5.74, 6) is -1.40. The van der Waals surface area contributed by atoms with E-state index in [1.807, 2.05) is 0 Å². The van der Waals surface area contributed by atoms with Gasteiger partial charge in [0.05, 0.1) is 10.6 Å². The number of hydrogen-bond donors (Lipinski definition) is 2. The molecule has 1 aliphatic rings. The highest BCUT2D eigenvalue weighted by Crippen LogP contribution is 2.48. The number of fused-ring (bicyclic) bond motifs is 1. The Hall–Kier alpha value is -3.47. The molecular weight excluding hydrogens is 418 g/mol. The molecule has 2 aromatic heterocycles. The second-order valence-electron chi connectivity index (χ2n) is 6.82. The smallest absolute Gasteiger partial charge is 0.280 e. The van der Waals surface area contributed by atoms with Crippen molar-refractivity contribution in [1.82, 2.24) is 4.98 Å². The minimum atomic E-state index is -2.77. The number of nitro groups is 1. The molecule has 1 saturated carbocycles. The Morgan fingerprint density at radius 3 is 2.47 bits per heavy atom. The van der Waals surface area contributed by atoms with E-state index in [0.717, 1.165) is 24.2 Å². The highest BCUT2D eigenvalue weighted by Gasteiger charge is 2.31. The minimum absolute atomic E-state index is 0.000998. The highest BCUT2D eigenvalue weighted by atomic mass is 32.1. The van der Waals surface area contributed by atoms with E-state index in [4.69, 9.17) is 5.73 Å². The molecule has 3 N–H and O–H groups in total. The fourth-order valence-electron chi connectivity index (χ4n) is 3.19. The van der Waals surface area contributed by atoms with Gasteiger partial charge in [0.15, 0.2) is 0 Å². The number of nitrogens with zero attached hydrogens (tertiary/aromatic N) is 2. The van der Waals surface area contributed by atoms with Crippen LogP contribution in [-0.4, -0.2) is 21.7 Å². The molecule has 1 aromatic carbocycles. The molecule has 30 heavy (non-hydrogen) atoms. The van der Waals surface area contributed by atoms with E-state index < -0.39 is 28.9 Å². The van der Waals surface area contributed by atoms with Gasteiger partial charge in [-0.25, -0.2) is 13.8 Å². The van der Waals surface area contributed by atoms with E-state index in [2.05, 4.69) is 10.3 Å².